The SMILES string of the molecule is Cc1cccc2cccc(CN3CCC(N4C(=O)C(O)(CC5CNC(=O)O5)c5ccccc54)CC3)c12. The van der Waals surface area contributed by atoms with Gasteiger partial charge in [0, 0.05) is 37.7 Å². The van der Waals surface area contributed by atoms with Gasteiger partial charge in [-0.25, -0.2) is 4.79 Å². The molecule has 2 fully saturated rings. The predicted molar refractivity (Wildman–Crippen MR) is 138 cm³/mol. The number of nitrogens with one attached hydrogen (secondary N) is 1. The summed E-state index contributed by atoms with van der Waals surface area (Å²) in [5.41, 5.74) is 2.31. The summed E-state index contributed by atoms with van der Waals surface area (Å²) >= 11 is 0. The standard InChI is InChI=1S/C29H31N3O4/c1-19-6-4-7-20-8-5-9-21(26(19)20)18-31-14-12-22(13-15-31)32-25-11-3-2-10-24(25)29(35,27(32)33)16-23-17-30-28(34)36-23/h2-11,22-23,35H,12-18H2,1H3,(H,30,34). The van der Waals surface area contributed by atoms with Gasteiger partial charge in [-0.3, -0.25) is 9.69 Å². The van der Waals surface area contributed by atoms with Crippen LogP contribution >= 0.6 is 0 Å². The fraction of sp³-hybridized carbons (Fsp3) is 0.379. The number of alkyl carbamates (subject to hydrolysis) is 1. The average Bonchev–Trinajstić information content (AvgIpc) is 3.38. The van der Waals surface area contributed by atoms with E-state index in [0.29, 0.717) is 12.1 Å². The van der Waals surface area contributed by atoms with E-state index in [1.165, 1.54) is 21.9 Å². The van der Waals surface area contributed by atoms with Crippen LogP contribution in [0.15, 0.2) is 60.7 Å². The number of likely N-dealkylation sites (tertiary alicyclic amines) is 1. The molecule has 7 heteroatoms. The summed E-state index contributed by atoms with van der Waals surface area (Å²) in [5.74, 6) is -0.310. The number of aliphatic hydroxyl groups is 1. The maximum absolute atomic E-state index is 13.7. The number of hydrogen-bond donors (Lipinski definition) is 2. The first-order valence-corrected chi connectivity index (χ1v) is 12.7. The molecular formula is C29H31N3O4. The number of benzene rings is 3. The van der Waals surface area contributed by atoms with Crippen molar-refractivity contribution in [3.63, 3.8) is 0 Å². The van der Waals surface area contributed by atoms with Crippen molar-refractivity contribution in [3.05, 3.63) is 77.4 Å². The lowest BCUT2D eigenvalue weighted by atomic mass is 9.89. The van der Waals surface area contributed by atoms with Gasteiger partial charge in [0.05, 0.1) is 12.2 Å². The van der Waals surface area contributed by atoms with E-state index in [0.717, 1.165) is 38.2 Å². The Labute approximate surface area is 210 Å². The highest BCUT2D eigenvalue weighted by Gasteiger charge is 2.53. The second-order valence-electron chi connectivity index (χ2n) is 10.3. The van der Waals surface area contributed by atoms with Crippen LogP contribution in [0.3, 0.4) is 0 Å². The number of carbonyl (C=O) groups is 2. The molecule has 0 saturated carbocycles. The van der Waals surface area contributed by atoms with E-state index >= 15 is 0 Å². The van der Waals surface area contributed by atoms with E-state index in [1.54, 1.807) is 4.90 Å². The number of carbonyl (C=O) groups excluding carboxylic acids is 2. The Bertz CT molecular complexity index is 1330. The van der Waals surface area contributed by atoms with Gasteiger partial charge in [0.15, 0.2) is 5.60 Å². The summed E-state index contributed by atoms with van der Waals surface area (Å²) < 4.78 is 5.25. The highest BCUT2D eigenvalue weighted by molar-refractivity contribution is 6.07. The van der Waals surface area contributed by atoms with Crippen molar-refractivity contribution in [1.29, 1.82) is 0 Å². The number of piperidine rings is 1. The van der Waals surface area contributed by atoms with Gasteiger partial charge in [0.25, 0.3) is 5.91 Å². The van der Waals surface area contributed by atoms with Crippen molar-refractivity contribution in [2.24, 2.45) is 0 Å². The Kier molecular flexibility index (Phi) is 5.69. The van der Waals surface area contributed by atoms with Crippen LogP contribution in [0.4, 0.5) is 10.5 Å². The van der Waals surface area contributed by atoms with Crippen molar-refractivity contribution in [3.8, 4) is 0 Å². The molecule has 0 aliphatic carbocycles. The predicted octanol–water partition coefficient (Wildman–Crippen LogP) is 3.85. The van der Waals surface area contributed by atoms with E-state index in [4.69, 9.17) is 4.74 Å². The fourth-order valence-electron chi connectivity index (χ4n) is 6.22. The zero-order valence-corrected chi connectivity index (χ0v) is 20.4. The molecule has 2 amide bonds. The minimum absolute atomic E-state index is 0.0161. The Balaban J connectivity index is 1.19. The molecule has 7 nitrogen and oxygen atoms in total. The smallest absolute Gasteiger partial charge is 0.407 e. The molecule has 0 spiro atoms. The minimum atomic E-state index is -1.69. The second kappa shape index (κ2) is 8.91. The van der Waals surface area contributed by atoms with E-state index in [-0.39, 0.29) is 18.4 Å². The summed E-state index contributed by atoms with van der Waals surface area (Å²) in [6.45, 7) is 5.09. The van der Waals surface area contributed by atoms with Crippen LogP contribution in [0.25, 0.3) is 10.8 Å². The minimum Gasteiger partial charge on any atom is -0.444 e. The third-order valence-electron chi connectivity index (χ3n) is 7.97. The molecule has 3 aromatic rings. The van der Waals surface area contributed by atoms with Gasteiger partial charge in [0.2, 0.25) is 0 Å². The Morgan fingerprint density at radius 1 is 1.03 bits per heavy atom. The molecule has 2 N–H and O–H groups in total. The van der Waals surface area contributed by atoms with E-state index in [1.807, 2.05) is 24.3 Å². The quantitative estimate of drug-likeness (QED) is 0.574. The van der Waals surface area contributed by atoms with Gasteiger partial charge >= 0.3 is 6.09 Å². The summed E-state index contributed by atoms with van der Waals surface area (Å²) in [6, 6.07) is 20.4. The van der Waals surface area contributed by atoms with Crippen LogP contribution < -0.4 is 10.2 Å². The van der Waals surface area contributed by atoms with Gasteiger partial charge in [-0.05, 0) is 47.7 Å². The zero-order valence-electron chi connectivity index (χ0n) is 20.4. The summed E-state index contributed by atoms with van der Waals surface area (Å²) in [7, 11) is 0. The first-order valence-electron chi connectivity index (χ1n) is 12.7. The molecule has 2 saturated heterocycles. The lowest BCUT2D eigenvalue weighted by Gasteiger charge is -2.37. The fourth-order valence-corrected chi connectivity index (χ4v) is 6.22. The zero-order chi connectivity index (χ0) is 24.9. The molecule has 2 atom stereocenters. The van der Waals surface area contributed by atoms with Gasteiger partial charge in [-0.15, -0.1) is 0 Å². The number of rotatable bonds is 5. The van der Waals surface area contributed by atoms with Crippen LogP contribution in [-0.4, -0.2) is 53.8 Å². The molecule has 0 radical (unpaired) electrons. The molecule has 3 aliphatic heterocycles. The van der Waals surface area contributed by atoms with E-state index < -0.39 is 17.8 Å². The number of aryl methyl sites for hydroxylation is 1. The first-order chi connectivity index (χ1) is 17.4. The third kappa shape index (κ3) is 3.83. The van der Waals surface area contributed by atoms with Crippen molar-refractivity contribution in [2.45, 2.75) is 50.5 Å². The lowest BCUT2D eigenvalue weighted by molar-refractivity contribution is -0.139. The molecule has 2 unspecified atom stereocenters. The number of hydrogen-bond acceptors (Lipinski definition) is 5. The number of para-hydroxylation sites is 1. The average molecular weight is 486 g/mol. The summed E-state index contributed by atoms with van der Waals surface area (Å²) in [6.07, 6.45) is 0.676. The molecule has 0 aromatic heterocycles. The maximum atomic E-state index is 13.7. The topological polar surface area (TPSA) is 82.1 Å². The maximum Gasteiger partial charge on any atom is 0.407 e. The van der Waals surface area contributed by atoms with Crippen LogP contribution in [-0.2, 0) is 21.7 Å². The lowest BCUT2D eigenvalue weighted by Crippen LogP contribution is -2.50. The Morgan fingerprint density at radius 2 is 1.78 bits per heavy atom. The highest BCUT2D eigenvalue weighted by atomic mass is 16.6. The molecule has 3 aromatic carbocycles. The van der Waals surface area contributed by atoms with Crippen LogP contribution in [0.5, 0.6) is 0 Å². The highest BCUT2D eigenvalue weighted by Crippen LogP contribution is 2.45. The van der Waals surface area contributed by atoms with Crippen LogP contribution in [0.1, 0.15) is 36.0 Å². The number of nitrogens with zero attached hydrogens (tertiary/aromatic N) is 2. The van der Waals surface area contributed by atoms with E-state index in [9.17, 15) is 14.7 Å². The molecular weight excluding hydrogens is 454 g/mol. The van der Waals surface area contributed by atoms with Gasteiger partial charge in [0.1, 0.15) is 6.10 Å². The molecule has 36 heavy (non-hydrogen) atoms. The molecule has 3 heterocycles. The largest absolute Gasteiger partial charge is 0.444 e. The van der Waals surface area contributed by atoms with Crippen LogP contribution in [0.2, 0.25) is 0 Å². The Hall–Kier alpha value is -3.42. The van der Waals surface area contributed by atoms with E-state index in [2.05, 4.69) is 53.5 Å². The second-order valence-corrected chi connectivity index (χ2v) is 10.3. The summed E-state index contributed by atoms with van der Waals surface area (Å²) in [4.78, 5) is 29.5. The normalized spacial score (nSPS) is 24.7. The van der Waals surface area contributed by atoms with Gasteiger partial charge in [-0.1, -0.05) is 54.6 Å². The van der Waals surface area contributed by atoms with Crippen molar-refractivity contribution >= 4 is 28.5 Å². The molecule has 3 aliphatic rings. The van der Waals surface area contributed by atoms with Crippen molar-refractivity contribution in [1.82, 2.24) is 10.2 Å². The van der Waals surface area contributed by atoms with Crippen molar-refractivity contribution in [2.75, 3.05) is 24.5 Å². The molecule has 186 valence electrons. The monoisotopic (exact) mass is 485 g/mol. The Morgan fingerprint density at radius 3 is 2.53 bits per heavy atom. The molecule has 6 rings (SSSR count). The summed E-state index contributed by atoms with van der Waals surface area (Å²) in [5, 5.41) is 16.8. The number of anilines is 1. The van der Waals surface area contributed by atoms with Gasteiger partial charge < -0.3 is 20.1 Å². The number of ether oxygens (including phenoxy) is 1. The molecule has 0 bridgehead atoms. The van der Waals surface area contributed by atoms with Crippen molar-refractivity contribution < 1.29 is 19.4 Å². The number of cyclic esters (lactones) is 1. The first kappa shape index (κ1) is 23.0. The van der Waals surface area contributed by atoms with Crippen LogP contribution in [0, 0.1) is 6.92 Å². The van der Waals surface area contributed by atoms with Gasteiger partial charge in [-0.2, -0.15) is 0 Å². The number of amides is 2. The third-order valence-corrected chi connectivity index (χ3v) is 7.97. The number of fused-ring (bicyclic) bond motifs is 2.